The van der Waals surface area contributed by atoms with Crippen molar-refractivity contribution in [2.45, 2.75) is 56.1 Å². The predicted molar refractivity (Wildman–Crippen MR) is 87.9 cm³/mol. The summed E-state index contributed by atoms with van der Waals surface area (Å²) in [6, 6.07) is 4.04. The molecule has 1 aromatic heterocycles. The topological polar surface area (TPSA) is 107 Å². The van der Waals surface area contributed by atoms with Gasteiger partial charge in [0.15, 0.2) is 0 Å². The van der Waals surface area contributed by atoms with Gasteiger partial charge in [-0.3, -0.25) is 4.79 Å². The number of aromatic nitrogens is 2. The lowest BCUT2D eigenvalue weighted by Crippen LogP contribution is -2.34. The van der Waals surface area contributed by atoms with Crippen LogP contribution in [0.1, 0.15) is 56.8 Å². The Kier molecular flexibility index (Phi) is 7.57. The normalized spacial score (nSPS) is 14.8. The Morgan fingerprint density at radius 3 is 2.46 bits per heavy atom. The minimum Gasteiger partial charge on any atom is -0.416 e. The molecule has 1 amide bonds. The fourth-order valence-corrected chi connectivity index (χ4v) is 3.41. The first-order valence-corrected chi connectivity index (χ1v) is 9.21. The summed E-state index contributed by atoms with van der Waals surface area (Å²) >= 11 is 1.21. The van der Waals surface area contributed by atoms with E-state index in [0.29, 0.717) is 30.1 Å². The van der Waals surface area contributed by atoms with Crippen molar-refractivity contribution in [1.29, 1.82) is 10.5 Å². The summed E-state index contributed by atoms with van der Waals surface area (Å²) in [6.45, 7) is 0.684. The van der Waals surface area contributed by atoms with Crippen LogP contribution >= 0.6 is 11.8 Å². The molecule has 8 heteroatoms. The van der Waals surface area contributed by atoms with Gasteiger partial charge in [0.25, 0.3) is 5.22 Å². The molecule has 2 rings (SSSR count). The zero-order chi connectivity index (χ0) is 17.2. The van der Waals surface area contributed by atoms with Gasteiger partial charge in [-0.15, -0.1) is 10.2 Å². The van der Waals surface area contributed by atoms with Crippen LogP contribution in [0.4, 0.5) is 0 Å². The van der Waals surface area contributed by atoms with Crippen LogP contribution in [0.5, 0.6) is 0 Å². The molecule has 0 spiro atoms. The quantitative estimate of drug-likeness (QED) is 0.665. The molecule has 0 N–H and O–H groups in total. The molecule has 0 bridgehead atoms. The molecule has 1 aliphatic rings. The van der Waals surface area contributed by atoms with Crippen LogP contribution in [-0.4, -0.2) is 39.8 Å². The lowest BCUT2D eigenvalue weighted by molar-refractivity contribution is -0.128. The van der Waals surface area contributed by atoms with Crippen molar-refractivity contribution in [2.75, 3.05) is 18.8 Å². The third kappa shape index (κ3) is 5.54. The zero-order valence-corrected chi connectivity index (χ0v) is 14.4. The number of nitriles is 2. The Morgan fingerprint density at radius 1 is 1.17 bits per heavy atom. The van der Waals surface area contributed by atoms with Gasteiger partial charge in [-0.2, -0.15) is 10.5 Å². The van der Waals surface area contributed by atoms with Crippen LogP contribution < -0.4 is 0 Å². The summed E-state index contributed by atoms with van der Waals surface area (Å²) in [5.41, 5.74) is 0. The predicted octanol–water partition coefficient (Wildman–Crippen LogP) is 2.87. The van der Waals surface area contributed by atoms with E-state index in [1.54, 1.807) is 0 Å². The number of rotatable bonds is 8. The largest absolute Gasteiger partial charge is 0.416 e. The van der Waals surface area contributed by atoms with Gasteiger partial charge in [-0.25, -0.2) is 0 Å². The minimum absolute atomic E-state index is 0.122. The Labute approximate surface area is 146 Å². The van der Waals surface area contributed by atoms with E-state index in [0.717, 1.165) is 12.8 Å². The molecule has 1 fully saturated rings. The molecular weight excluding hydrogens is 326 g/mol. The fourth-order valence-electron chi connectivity index (χ4n) is 2.74. The molecule has 0 radical (unpaired) electrons. The summed E-state index contributed by atoms with van der Waals surface area (Å²) in [5.74, 6) is 1.07. The van der Waals surface area contributed by atoms with Gasteiger partial charge in [-0.1, -0.05) is 31.0 Å². The highest BCUT2D eigenvalue weighted by Gasteiger charge is 2.22. The Bertz CT molecular complexity index is 595. The Morgan fingerprint density at radius 2 is 1.83 bits per heavy atom. The summed E-state index contributed by atoms with van der Waals surface area (Å²) in [4.78, 5) is 13.8. The van der Waals surface area contributed by atoms with Gasteiger partial charge in [-0.05, 0) is 12.8 Å². The lowest BCUT2D eigenvalue weighted by atomic mass is 9.89. The number of hydrogen-bond acceptors (Lipinski definition) is 7. The van der Waals surface area contributed by atoms with Crippen molar-refractivity contribution in [3.05, 3.63) is 5.89 Å². The number of nitrogens with zero attached hydrogens (tertiary/aromatic N) is 5. The molecule has 7 nitrogen and oxygen atoms in total. The maximum absolute atomic E-state index is 12.2. The van der Waals surface area contributed by atoms with Gasteiger partial charge in [0, 0.05) is 19.0 Å². The molecule has 0 saturated heterocycles. The Hall–Kier alpha value is -2.06. The molecule has 1 aliphatic carbocycles. The highest BCUT2D eigenvalue weighted by atomic mass is 32.2. The van der Waals surface area contributed by atoms with Crippen LogP contribution in [-0.2, 0) is 4.79 Å². The van der Waals surface area contributed by atoms with Crippen LogP contribution in [0.25, 0.3) is 0 Å². The highest BCUT2D eigenvalue weighted by molar-refractivity contribution is 7.99. The molecular formula is C16H21N5O2S. The number of amides is 1. The molecule has 24 heavy (non-hydrogen) atoms. The minimum atomic E-state index is -0.122. The van der Waals surface area contributed by atoms with Crippen molar-refractivity contribution < 1.29 is 9.21 Å². The maximum atomic E-state index is 12.2. The van der Waals surface area contributed by atoms with E-state index in [2.05, 4.69) is 10.2 Å². The summed E-state index contributed by atoms with van der Waals surface area (Å²) in [7, 11) is 0. The van der Waals surface area contributed by atoms with E-state index in [4.69, 9.17) is 14.9 Å². The first-order chi connectivity index (χ1) is 11.7. The van der Waals surface area contributed by atoms with E-state index < -0.39 is 0 Å². The molecule has 0 aromatic carbocycles. The molecule has 0 aliphatic heterocycles. The number of thioether (sulfide) groups is 1. The van der Waals surface area contributed by atoms with Gasteiger partial charge < -0.3 is 9.32 Å². The lowest BCUT2D eigenvalue weighted by Gasteiger charge is -2.19. The zero-order valence-electron chi connectivity index (χ0n) is 13.6. The number of hydrogen-bond donors (Lipinski definition) is 0. The van der Waals surface area contributed by atoms with E-state index in [9.17, 15) is 4.79 Å². The monoisotopic (exact) mass is 347 g/mol. The summed E-state index contributed by atoms with van der Waals surface area (Å²) < 4.78 is 5.68. The number of carbonyl (C=O) groups excluding carboxylic acids is 1. The highest BCUT2D eigenvalue weighted by Crippen LogP contribution is 2.32. The van der Waals surface area contributed by atoms with Crippen LogP contribution in [0.2, 0.25) is 0 Å². The van der Waals surface area contributed by atoms with E-state index in [-0.39, 0.29) is 24.5 Å². The third-order valence-corrected chi connectivity index (χ3v) is 4.84. The first kappa shape index (κ1) is 18.3. The van der Waals surface area contributed by atoms with Gasteiger partial charge in [0.2, 0.25) is 11.8 Å². The van der Waals surface area contributed by atoms with Crippen molar-refractivity contribution in [3.8, 4) is 12.1 Å². The van der Waals surface area contributed by atoms with Crippen molar-refractivity contribution in [3.63, 3.8) is 0 Å². The van der Waals surface area contributed by atoms with E-state index in [1.807, 2.05) is 12.1 Å². The average Bonchev–Trinajstić information content (AvgIpc) is 3.09. The van der Waals surface area contributed by atoms with Gasteiger partial charge in [0.1, 0.15) is 0 Å². The van der Waals surface area contributed by atoms with E-state index >= 15 is 0 Å². The molecule has 1 saturated carbocycles. The standard InChI is InChI=1S/C16H21N5O2S/c17-8-4-10-21(11-5-9-18)14(22)12-24-16-20-19-15(23-16)13-6-2-1-3-7-13/h13H,1-7,10-12H2. The second kappa shape index (κ2) is 9.94. The molecule has 128 valence electrons. The van der Waals surface area contributed by atoms with Crippen molar-refractivity contribution >= 4 is 17.7 Å². The van der Waals surface area contributed by atoms with Crippen LogP contribution in [0.15, 0.2) is 9.64 Å². The molecule has 1 heterocycles. The van der Waals surface area contributed by atoms with Crippen molar-refractivity contribution in [2.24, 2.45) is 0 Å². The smallest absolute Gasteiger partial charge is 0.277 e. The maximum Gasteiger partial charge on any atom is 0.277 e. The average molecular weight is 347 g/mol. The van der Waals surface area contributed by atoms with E-state index in [1.165, 1.54) is 35.9 Å². The van der Waals surface area contributed by atoms with Crippen LogP contribution in [0.3, 0.4) is 0 Å². The molecule has 1 aromatic rings. The molecule has 0 unspecified atom stereocenters. The van der Waals surface area contributed by atoms with Gasteiger partial charge >= 0.3 is 0 Å². The van der Waals surface area contributed by atoms with Gasteiger partial charge in [0.05, 0.1) is 30.7 Å². The fraction of sp³-hybridized carbons (Fsp3) is 0.688. The second-order valence-corrected chi connectivity index (χ2v) is 6.65. The van der Waals surface area contributed by atoms with Crippen LogP contribution in [0, 0.1) is 22.7 Å². The SMILES string of the molecule is N#CCCN(CCC#N)C(=O)CSc1nnc(C2CCCCC2)o1. The second-order valence-electron chi connectivity index (χ2n) is 5.73. The molecule has 0 atom stereocenters. The summed E-state index contributed by atoms with van der Waals surface area (Å²) in [6.07, 6.45) is 6.34. The first-order valence-electron chi connectivity index (χ1n) is 8.22. The Balaban J connectivity index is 1.84. The summed E-state index contributed by atoms with van der Waals surface area (Å²) in [5, 5.41) is 25.9. The van der Waals surface area contributed by atoms with Crippen molar-refractivity contribution in [1.82, 2.24) is 15.1 Å². The number of carbonyl (C=O) groups is 1. The third-order valence-electron chi connectivity index (χ3n) is 4.04.